The summed E-state index contributed by atoms with van der Waals surface area (Å²) < 4.78 is 0. The summed E-state index contributed by atoms with van der Waals surface area (Å²) in [5.41, 5.74) is 5.65. The van der Waals surface area contributed by atoms with Gasteiger partial charge in [-0.25, -0.2) is 0 Å². The molecule has 0 aliphatic heterocycles. The molecule has 0 aromatic heterocycles. The third-order valence-corrected chi connectivity index (χ3v) is 2.62. The maximum Gasteiger partial charge on any atom is 0.135 e. The van der Waals surface area contributed by atoms with Crippen LogP contribution in [0, 0.1) is 5.92 Å². The van der Waals surface area contributed by atoms with Crippen molar-refractivity contribution in [1.82, 2.24) is 0 Å². The standard InChI is InChI=1S/C12H25NO/c1-4-5-9-12(14)10(2)7-6-8-11(3)13/h10-11H,4-9,13H2,1-3H3. The first-order chi connectivity index (χ1) is 6.57. The Labute approximate surface area is 88.3 Å². The predicted molar refractivity (Wildman–Crippen MR) is 61.2 cm³/mol. The average molecular weight is 199 g/mol. The van der Waals surface area contributed by atoms with Crippen LogP contribution in [0.1, 0.15) is 59.3 Å². The lowest BCUT2D eigenvalue weighted by Gasteiger charge is -2.10. The number of carbonyl (C=O) groups excluding carboxylic acids is 1. The van der Waals surface area contributed by atoms with Gasteiger partial charge in [0.15, 0.2) is 0 Å². The molecule has 0 aliphatic carbocycles. The quantitative estimate of drug-likeness (QED) is 0.653. The topological polar surface area (TPSA) is 43.1 Å². The van der Waals surface area contributed by atoms with Gasteiger partial charge in [0.05, 0.1) is 0 Å². The van der Waals surface area contributed by atoms with Crippen LogP contribution in [0.15, 0.2) is 0 Å². The average Bonchev–Trinajstić information content (AvgIpc) is 2.13. The van der Waals surface area contributed by atoms with Crippen molar-refractivity contribution in [3.63, 3.8) is 0 Å². The molecule has 0 bridgehead atoms. The minimum Gasteiger partial charge on any atom is -0.328 e. The largest absolute Gasteiger partial charge is 0.328 e. The fraction of sp³-hybridized carbons (Fsp3) is 0.917. The van der Waals surface area contributed by atoms with Crippen LogP contribution in [-0.2, 0) is 4.79 Å². The molecule has 2 heteroatoms. The molecular formula is C12H25NO. The van der Waals surface area contributed by atoms with E-state index >= 15 is 0 Å². The fourth-order valence-electron chi connectivity index (χ4n) is 1.50. The first-order valence-corrected chi connectivity index (χ1v) is 5.86. The molecule has 0 aromatic rings. The highest BCUT2D eigenvalue weighted by atomic mass is 16.1. The number of carbonyl (C=O) groups is 1. The predicted octanol–water partition coefficient (Wildman–Crippen LogP) is 2.90. The zero-order chi connectivity index (χ0) is 11.0. The van der Waals surface area contributed by atoms with Crippen LogP contribution in [0.4, 0.5) is 0 Å². The second kappa shape index (κ2) is 7.98. The SMILES string of the molecule is CCCCC(=O)C(C)CCCC(C)N. The smallest absolute Gasteiger partial charge is 0.135 e. The Morgan fingerprint density at radius 3 is 2.36 bits per heavy atom. The highest BCUT2D eigenvalue weighted by Crippen LogP contribution is 2.13. The maximum absolute atomic E-state index is 11.5. The molecule has 0 heterocycles. The number of ketones is 1. The van der Waals surface area contributed by atoms with E-state index in [0.29, 0.717) is 5.78 Å². The summed E-state index contributed by atoms with van der Waals surface area (Å²) in [6.07, 6.45) is 6.02. The molecule has 0 radical (unpaired) electrons. The van der Waals surface area contributed by atoms with Crippen LogP contribution in [0.25, 0.3) is 0 Å². The van der Waals surface area contributed by atoms with Crippen LogP contribution in [0.3, 0.4) is 0 Å². The third-order valence-electron chi connectivity index (χ3n) is 2.62. The first kappa shape index (κ1) is 13.6. The van der Waals surface area contributed by atoms with Crippen molar-refractivity contribution < 1.29 is 4.79 Å². The lowest BCUT2D eigenvalue weighted by molar-refractivity contribution is -0.122. The summed E-state index contributed by atoms with van der Waals surface area (Å²) in [4.78, 5) is 11.5. The summed E-state index contributed by atoms with van der Waals surface area (Å²) in [7, 11) is 0. The van der Waals surface area contributed by atoms with E-state index in [9.17, 15) is 4.79 Å². The first-order valence-electron chi connectivity index (χ1n) is 5.86. The van der Waals surface area contributed by atoms with Crippen LogP contribution >= 0.6 is 0 Å². The Hall–Kier alpha value is -0.370. The van der Waals surface area contributed by atoms with Gasteiger partial charge in [-0.15, -0.1) is 0 Å². The van der Waals surface area contributed by atoms with Gasteiger partial charge in [-0.2, -0.15) is 0 Å². The second-order valence-corrected chi connectivity index (χ2v) is 4.38. The Morgan fingerprint density at radius 2 is 1.86 bits per heavy atom. The molecule has 84 valence electrons. The van der Waals surface area contributed by atoms with E-state index < -0.39 is 0 Å². The third kappa shape index (κ3) is 7.07. The van der Waals surface area contributed by atoms with E-state index in [1.165, 1.54) is 0 Å². The van der Waals surface area contributed by atoms with Crippen molar-refractivity contribution in [2.24, 2.45) is 11.7 Å². The van der Waals surface area contributed by atoms with E-state index in [1.807, 2.05) is 13.8 Å². The number of nitrogens with two attached hydrogens (primary N) is 1. The van der Waals surface area contributed by atoms with E-state index in [4.69, 9.17) is 5.73 Å². The molecule has 0 saturated heterocycles. The molecule has 2 atom stereocenters. The van der Waals surface area contributed by atoms with Crippen molar-refractivity contribution in [3.8, 4) is 0 Å². The molecule has 2 unspecified atom stereocenters. The van der Waals surface area contributed by atoms with Crippen LogP contribution in [0.2, 0.25) is 0 Å². The normalized spacial score (nSPS) is 15.1. The van der Waals surface area contributed by atoms with E-state index in [1.54, 1.807) is 0 Å². The minimum absolute atomic E-state index is 0.236. The second-order valence-electron chi connectivity index (χ2n) is 4.38. The summed E-state index contributed by atoms with van der Waals surface area (Å²) >= 11 is 0. The Kier molecular flexibility index (Phi) is 7.77. The lowest BCUT2D eigenvalue weighted by Crippen LogP contribution is -2.16. The highest BCUT2D eigenvalue weighted by Gasteiger charge is 2.11. The monoisotopic (exact) mass is 199 g/mol. The van der Waals surface area contributed by atoms with Crippen LogP contribution in [0.5, 0.6) is 0 Å². The molecule has 0 aromatic carbocycles. The van der Waals surface area contributed by atoms with Gasteiger partial charge in [0.25, 0.3) is 0 Å². The fourth-order valence-corrected chi connectivity index (χ4v) is 1.50. The van der Waals surface area contributed by atoms with E-state index in [-0.39, 0.29) is 12.0 Å². The molecule has 0 aliphatic rings. The summed E-state index contributed by atoms with van der Waals surface area (Å²) in [5.74, 6) is 0.664. The van der Waals surface area contributed by atoms with E-state index in [2.05, 4.69) is 6.92 Å². The van der Waals surface area contributed by atoms with Crippen LogP contribution < -0.4 is 5.73 Å². The number of hydrogen-bond donors (Lipinski definition) is 1. The zero-order valence-electron chi connectivity index (χ0n) is 9.88. The highest BCUT2D eigenvalue weighted by molar-refractivity contribution is 5.80. The molecule has 2 N–H and O–H groups in total. The number of hydrogen-bond acceptors (Lipinski definition) is 2. The number of rotatable bonds is 8. The minimum atomic E-state index is 0.236. The molecular weight excluding hydrogens is 174 g/mol. The molecule has 0 saturated carbocycles. The van der Waals surface area contributed by atoms with Gasteiger partial charge in [0.2, 0.25) is 0 Å². The van der Waals surface area contributed by atoms with Gasteiger partial charge >= 0.3 is 0 Å². The van der Waals surface area contributed by atoms with Gasteiger partial charge in [0.1, 0.15) is 5.78 Å². The van der Waals surface area contributed by atoms with Crippen molar-refractivity contribution in [1.29, 1.82) is 0 Å². The summed E-state index contributed by atoms with van der Waals surface area (Å²) in [6.45, 7) is 6.18. The van der Waals surface area contributed by atoms with Gasteiger partial charge < -0.3 is 5.73 Å². The summed E-state index contributed by atoms with van der Waals surface area (Å²) in [5, 5.41) is 0. The molecule has 14 heavy (non-hydrogen) atoms. The Balaban J connectivity index is 3.51. The van der Waals surface area contributed by atoms with Gasteiger partial charge in [-0.05, 0) is 26.2 Å². The molecule has 0 rings (SSSR count). The van der Waals surface area contributed by atoms with Crippen molar-refractivity contribution in [2.75, 3.05) is 0 Å². The van der Waals surface area contributed by atoms with Crippen molar-refractivity contribution >= 4 is 5.78 Å². The molecule has 0 fully saturated rings. The molecule has 2 nitrogen and oxygen atoms in total. The maximum atomic E-state index is 11.5. The van der Waals surface area contributed by atoms with Gasteiger partial charge in [-0.3, -0.25) is 4.79 Å². The number of Topliss-reactive ketones (excluding diaryl/α,β-unsaturated/α-hetero) is 1. The van der Waals surface area contributed by atoms with Crippen molar-refractivity contribution in [2.45, 2.75) is 65.3 Å². The summed E-state index contributed by atoms with van der Waals surface area (Å²) in [6, 6.07) is 0.271. The van der Waals surface area contributed by atoms with Gasteiger partial charge in [-0.1, -0.05) is 26.7 Å². The Morgan fingerprint density at radius 1 is 1.21 bits per heavy atom. The van der Waals surface area contributed by atoms with Gasteiger partial charge in [0, 0.05) is 18.4 Å². The molecule has 0 amide bonds. The molecule has 0 spiro atoms. The number of unbranched alkanes of at least 4 members (excludes halogenated alkanes) is 1. The Bertz CT molecular complexity index is 154. The lowest BCUT2D eigenvalue weighted by atomic mass is 9.95. The van der Waals surface area contributed by atoms with Crippen molar-refractivity contribution in [3.05, 3.63) is 0 Å². The van der Waals surface area contributed by atoms with Crippen LogP contribution in [-0.4, -0.2) is 11.8 Å². The van der Waals surface area contributed by atoms with E-state index in [0.717, 1.165) is 38.5 Å². The zero-order valence-corrected chi connectivity index (χ0v) is 9.88.